The number of amides is 2. The van der Waals surface area contributed by atoms with Crippen molar-refractivity contribution in [1.82, 2.24) is 10.7 Å². The van der Waals surface area contributed by atoms with Crippen molar-refractivity contribution in [2.75, 3.05) is 0 Å². The van der Waals surface area contributed by atoms with Crippen LogP contribution >= 0.6 is 23.2 Å². The van der Waals surface area contributed by atoms with Gasteiger partial charge in [-0.15, -0.1) is 0 Å². The normalized spacial score (nSPS) is 12.8. The summed E-state index contributed by atoms with van der Waals surface area (Å²) >= 11 is 12.0. The van der Waals surface area contributed by atoms with E-state index in [0.29, 0.717) is 5.02 Å². The summed E-state index contributed by atoms with van der Waals surface area (Å²) in [5.41, 5.74) is 4.90. The van der Waals surface area contributed by atoms with Crippen LogP contribution in [0.2, 0.25) is 10.0 Å². The van der Waals surface area contributed by atoms with E-state index in [1.165, 1.54) is 17.7 Å². The van der Waals surface area contributed by atoms with Gasteiger partial charge in [-0.2, -0.15) is 5.10 Å². The lowest BCUT2D eigenvalue weighted by molar-refractivity contribution is -0.123. The number of rotatable bonds is 6. The molecule has 0 spiro atoms. The van der Waals surface area contributed by atoms with Gasteiger partial charge in [0.1, 0.15) is 6.04 Å². The Labute approximate surface area is 187 Å². The number of benzene rings is 2. The SMILES string of the molecule is CC(C)[C@@H](NC(=O)c1ccc(Cl)cc1Cl)C(=O)N/N=C\c1ccc(C(C)(C)C)cc1. The first-order valence-corrected chi connectivity index (χ1v) is 10.4. The van der Waals surface area contributed by atoms with Gasteiger partial charge in [0.05, 0.1) is 16.8 Å². The van der Waals surface area contributed by atoms with Crippen molar-refractivity contribution < 1.29 is 9.59 Å². The number of carbonyl (C=O) groups is 2. The van der Waals surface area contributed by atoms with E-state index in [0.717, 1.165) is 5.56 Å². The molecule has 0 aliphatic heterocycles. The quantitative estimate of drug-likeness (QED) is 0.471. The summed E-state index contributed by atoms with van der Waals surface area (Å²) in [6.07, 6.45) is 1.57. The zero-order valence-electron chi connectivity index (χ0n) is 17.8. The van der Waals surface area contributed by atoms with Gasteiger partial charge in [-0.05, 0) is 40.7 Å². The predicted octanol–water partition coefficient (Wildman–Crippen LogP) is 5.20. The van der Waals surface area contributed by atoms with Crippen molar-refractivity contribution in [2.45, 2.75) is 46.1 Å². The third kappa shape index (κ3) is 6.57. The average molecular weight is 448 g/mol. The molecule has 2 N–H and O–H groups in total. The molecule has 0 aromatic heterocycles. The zero-order chi connectivity index (χ0) is 22.5. The number of hydrogen-bond acceptors (Lipinski definition) is 3. The van der Waals surface area contributed by atoms with Crippen molar-refractivity contribution in [3.05, 3.63) is 69.2 Å². The van der Waals surface area contributed by atoms with Crippen LogP contribution in [0.25, 0.3) is 0 Å². The van der Waals surface area contributed by atoms with Crippen molar-refractivity contribution in [3.8, 4) is 0 Å². The Hall–Kier alpha value is -2.37. The van der Waals surface area contributed by atoms with Crippen molar-refractivity contribution in [2.24, 2.45) is 11.0 Å². The number of hydrogen-bond donors (Lipinski definition) is 2. The first-order chi connectivity index (χ1) is 14.0. The summed E-state index contributed by atoms with van der Waals surface area (Å²) in [5.74, 6) is -1.01. The summed E-state index contributed by atoms with van der Waals surface area (Å²) in [7, 11) is 0. The standard InChI is InChI=1S/C23H27Cl2N3O2/c1-14(2)20(27-21(29)18-11-10-17(24)12-19(18)25)22(30)28-26-13-15-6-8-16(9-7-15)23(3,4)5/h6-14,20H,1-5H3,(H,27,29)(H,28,30)/b26-13-/t20-/m1/s1. The van der Waals surface area contributed by atoms with E-state index in [4.69, 9.17) is 23.2 Å². The van der Waals surface area contributed by atoms with E-state index >= 15 is 0 Å². The highest BCUT2D eigenvalue weighted by Gasteiger charge is 2.25. The minimum Gasteiger partial charge on any atom is -0.340 e. The molecular formula is C23H27Cl2N3O2. The molecule has 1 atom stereocenters. The van der Waals surface area contributed by atoms with Gasteiger partial charge in [-0.25, -0.2) is 5.43 Å². The van der Waals surface area contributed by atoms with Gasteiger partial charge in [0.15, 0.2) is 0 Å². The number of carbonyl (C=O) groups excluding carboxylic acids is 2. The largest absolute Gasteiger partial charge is 0.340 e. The second-order valence-corrected chi connectivity index (χ2v) is 9.27. The second-order valence-electron chi connectivity index (χ2n) is 8.43. The van der Waals surface area contributed by atoms with Crippen molar-refractivity contribution in [1.29, 1.82) is 0 Å². The Kier molecular flexibility index (Phi) is 8.04. The first-order valence-electron chi connectivity index (χ1n) is 9.68. The maximum Gasteiger partial charge on any atom is 0.262 e. The summed E-state index contributed by atoms with van der Waals surface area (Å²) < 4.78 is 0. The molecular weight excluding hydrogens is 421 g/mol. The lowest BCUT2D eigenvalue weighted by Crippen LogP contribution is -2.48. The molecule has 2 amide bonds. The van der Waals surface area contributed by atoms with E-state index in [1.807, 2.05) is 38.1 Å². The maximum absolute atomic E-state index is 12.6. The van der Waals surface area contributed by atoms with Gasteiger partial charge in [0.2, 0.25) is 0 Å². The molecule has 0 fully saturated rings. The van der Waals surface area contributed by atoms with Gasteiger partial charge in [-0.3, -0.25) is 9.59 Å². The number of halogens is 2. The minimum atomic E-state index is -0.773. The van der Waals surface area contributed by atoms with Crippen LogP contribution in [0.4, 0.5) is 0 Å². The number of hydrazone groups is 1. The molecule has 160 valence electrons. The fraction of sp³-hybridized carbons (Fsp3) is 0.348. The molecule has 0 radical (unpaired) electrons. The summed E-state index contributed by atoms with van der Waals surface area (Å²) in [5, 5.41) is 7.39. The van der Waals surface area contributed by atoms with Crippen molar-refractivity contribution in [3.63, 3.8) is 0 Å². The van der Waals surface area contributed by atoms with Crippen LogP contribution in [0.15, 0.2) is 47.6 Å². The Balaban J connectivity index is 2.03. The summed E-state index contributed by atoms with van der Waals surface area (Å²) in [6.45, 7) is 10.1. The molecule has 7 heteroatoms. The van der Waals surface area contributed by atoms with Crippen LogP contribution < -0.4 is 10.7 Å². The minimum absolute atomic E-state index is 0.0690. The van der Waals surface area contributed by atoms with Crippen LogP contribution in [0.3, 0.4) is 0 Å². The molecule has 0 heterocycles. The van der Waals surface area contributed by atoms with Gasteiger partial charge in [0.25, 0.3) is 11.8 Å². The van der Waals surface area contributed by atoms with Crippen LogP contribution in [0, 0.1) is 5.92 Å². The smallest absolute Gasteiger partial charge is 0.262 e. The monoisotopic (exact) mass is 447 g/mol. The van der Waals surface area contributed by atoms with Crippen LogP contribution in [-0.4, -0.2) is 24.1 Å². The Morgan fingerprint density at radius 2 is 1.67 bits per heavy atom. The van der Waals surface area contributed by atoms with Crippen molar-refractivity contribution >= 4 is 41.2 Å². The zero-order valence-corrected chi connectivity index (χ0v) is 19.3. The lowest BCUT2D eigenvalue weighted by atomic mass is 9.87. The van der Waals surface area contributed by atoms with Gasteiger partial charge < -0.3 is 5.32 Å². The van der Waals surface area contributed by atoms with Gasteiger partial charge in [-0.1, -0.05) is 82.1 Å². The Bertz CT molecular complexity index is 932. The fourth-order valence-electron chi connectivity index (χ4n) is 2.74. The predicted molar refractivity (Wildman–Crippen MR) is 123 cm³/mol. The lowest BCUT2D eigenvalue weighted by Gasteiger charge is -2.20. The number of nitrogens with one attached hydrogen (secondary N) is 2. The van der Waals surface area contributed by atoms with Crippen LogP contribution in [0.1, 0.15) is 56.1 Å². The molecule has 0 aliphatic rings. The molecule has 0 unspecified atom stereocenters. The summed E-state index contributed by atoms with van der Waals surface area (Å²) in [4.78, 5) is 25.1. The highest BCUT2D eigenvalue weighted by Crippen LogP contribution is 2.22. The molecule has 2 aromatic carbocycles. The number of nitrogens with zero attached hydrogens (tertiary/aromatic N) is 1. The molecule has 5 nitrogen and oxygen atoms in total. The molecule has 0 bridgehead atoms. The Morgan fingerprint density at radius 1 is 1.03 bits per heavy atom. The molecule has 2 rings (SSSR count). The molecule has 0 saturated carbocycles. The topological polar surface area (TPSA) is 70.6 Å². The van der Waals surface area contributed by atoms with E-state index < -0.39 is 17.9 Å². The fourth-order valence-corrected chi connectivity index (χ4v) is 3.23. The van der Waals surface area contributed by atoms with Gasteiger partial charge >= 0.3 is 0 Å². The van der Waals surface area contributed by atoms with E-state index in [-0.39, 0.29) is 21.9 Å². The highest BCUT2D eigenvalue weighted by molar-refractivity contribution is 6.36. The Morgan fingerprint density at radius 3 is 2.20 bits per heavy atom. The van der Waals surface area contributed by atoms with Crippen LogP contribution in [-0.2, 0) is 10.2 Å². The highest BCUT2D eigenvalue weighted by atomic mass is 35.5. The maximum atomic E-state index is 12.6. The molecule has 30 heavy (non-hydrogen) atoms. The average Bonchev–Trinajstić information content (AvgIpc) is 2.65. The van der Waals surface area contributed by atoms with E-state index in [1.54, 1.807) is 12.3 Å². The molecule has 0 saturated heterocycles. The third-order valence-corrected chi connectivity index (χ3v) is 5.12. The van der Waals surface area contributed by atoms with E-state index in [2.05, 4.69) is 36.6 Å². The molecule has 0 aliphatic carbocycles. The second kappa shape index (κ2) is 10.1. The third-order valence-electron chi connectivity index (χ3n) is 4.58. The first kappa shape index (κ1) is 23.9. The molecule has 2 aromatic rings. The van der Waals surface area contributed by atoms with Crippen LogP contribution in [0.5, 0.6) is 0 Å². The van der Waals surface area contributed by atoms with Gasteiger partial charge in [0, 0.05) is 5.02 Å². The summed E-state index contributed by atoms with van der Waals surface area (Å²) in [6, 6.07) is 11.8. The van der Waals surface area contributed by atoms with E-state index in [9.17, 15) is 9.59 Å².